The van der Waals surface area contributed by atoms with Gasteiger partial charge < -0.3 is 9.47 Å². The summed E-state index contributed by atoms with van der Waals surface area (Å²) in [5.74, 6) is 0. The van der Waals surface area contributed by atoms with Gasteiger partial charge in [0.05, 0.1) is 0 Å². The third kappa shape index (κ3) is 1.42. The molecule has 0 unspecified atom stereocenters. The zero-order valence-corrected chi connectivity index (χ0v) is 11.2. The van der Waals surface area contributed by atoms with E-state index in [9.17, 15) is 0 Å². The van der Waals surface area contributed by atoms with Crippen molar-refractivity contribution in [1.82, 2.24) is 14.5 Å². The fourth-order valence-corrected chi connectivity index (χ4v) is 4.01. The maximum atomic E-state index is 4.32. The molecule has 2 aromatic rings. The Hall–Kier alpha value is -1.48. The van der Waals surface area contributed by atoms with Crippen LogP contribution < -0.4 is 0 Å². The lowest BCUT2D eigenvalue weighted by atomic mass is 9.83. The summed E-state index contributed by atoms with van der Waals surface area (Å²) in [5.41, 5.74) is 4.26. The molecule has 3 heterocycles. The highest BCUT2D eigenvalue weighted by Crippen LogP contribution is 2.44. The van der Waals surface area contributed by atoms with Crippen molar-refractivity contribution in [2.24, 2.45) is 0 Å². The van der Waals surface area contributed by atoms with Crippen molar-refractivity contribution in [3.63, 3.8) is 0 Å². The van der Waals surface area contributed by atoms with Crippen LogP contribution in [0.1, 0.15) is 36.9 Å². The van der Waals surface area contributed by atoms with Crippen molar-refractivity contribution in [1.29, 1.82) is 0 Å². The van der Waals surface area contributed by atoms with Gasteiger partial charge in [-0.3, -0.25) is 12.0 Å². The van der Waals surface area contributed by atoms with Crippen molar-refractivity contribution in [3.8, 4) is 0 Å². The summed E-state index contributed by atoms with van der Waals surface area (Å²) in [6.07, 6.45) is 10.2. The van der Waals surface area contributed by atoms with Gasteiger partial charge in [-0.15, -0.1) is 7.05 Å². The summed E-state index contributed by atoms with van der Waals surface area (Å²) >= 11 is 0. The molecule has 0 radical (unpaired) electrons. The van der Waals surface area contributed by atoms with Crippen LogP contribution in [0.3, 0.4) is 0 Å². The monoisotopic (exact) mass is 253 g/mol. The van der Waals surface area contributed by atoms with Crippen LogP contribution in [0.2, 0.25) is 0 Å². The summed E-state index contributed by atoms with van der Waals surface area (Å²) in [6.45, 7) is 0.910. The van der Waals surface area contributed by atoms with Crippen molar-refractivity contribution in [2.45, 2.75) is 44.2 Å². The Labute approximate surface area is 114 Å². The lowest BCUT2D eigenvalue weighted by Gasteiger charge is -2.51. The van der Waals surface area contributed by atoms with Crippen LogP contribution in [0.25, 0.3) is 10.9 Å². The smallest absolute Gasteiger partial charge is 0.0230 e. The van der Waals surface area contributed by atoms with E-state index in [2.05, 4.69) is 34.6 Å². The van der Waals surface area contributed by atoms with Gasteiger partial charge in [0.2, 0.25) is 0 Å². The Bertz CT molecular complexity index is 635. The summed E-state index contributed by atoms with van der Waals surface area (Å²) in [4.78, 5) is 6.61. The van der Waals surface area contributed by atoms with E-state index in [0.717, 1.165) is 13.0 Å². The van der Waals surface area contributed by atoms with Gasteiger partial charge in [-0.1, -0.05) is 35.7 Å². The minimum Gasteiger partial charge on any atom is -0.483 e. The van der Waals surface area contributed by atoms with Gasteiger partial charge in [-0.25, -0.2) is 0 Å². The Morgan fingerprint density at radius 2 is 2.00 bits per heavy atom. The van der Waals surface area contributed by atoms with Crippen LogP contribution in [0.5, 0.6) is 0 Å². The first kappa shape index (κ1) is 11.4. The van der Waals surface area contributed by atoms with Crippen molar-refractivity contribution >= 4 is 10.9 Å². The molecule has 0 saturated heterocycles. The van der Waals surface area contributed by atoms with Gasteiger partial charge in [0.1, 0.15) is 0 Å². The van der Waals surface area contributed by atoms with E-state index in [1.807, 2.05) is 12.4 Å². The van der Waals surface area contributed by atoms with Crippen LogP contribution in [-0.4, -0.2) is 20.0 Å². The van der Waals surface area contributed by atoms with Gasteiger partial charge in [0.25, 0.3) is 0 Å². The van der Waals surface area contributed by atoms with Gasteiger partial charge in [0.15, 0.2) is 0 Å². The number of hydrogen-bond donors (Lipinski definition) is 0. The minimum atomic E-state index is 0.289. The first-order chi connectivity index (χ1) is 9.21. The fraction of sp³-hybridized carbons (Fsp3) is 0.438. The van der Waals surface area contributed by atoms with Crippen molar-refractivity contribution in [2.75, 3.05) is 0 Å². The minimum absolute atomic E-state index is 0.289. The summed E-state index contributed by atoms with van der Waals surface area (Å²) in [7, 11) is 8.53. The molecule has 1 saturated carbocycles. The second-order valence-electron chi connectivity index (χ2n) is 6.05. The molecule has 0 amide bonds. The molecule has 1 aliphatic heterocycles. The molecule has 0 N–H and O–H groups in total. The average Bonchev–Trinajstić information content (AvgIpc) is 2.99. The Balaban J connectivity index is 1.92. The van der Waals surface area contributed by atoms with E-state index >= 15 is 0 Å². The molecular formula is C16H19N3-2. The molecule has 1 fully saturated rings. The van der Waals surface area contributed by atoms with Crippen molar-refractivity contribution < 1.29 is 0 Å². The normalized spacial score (nSPS) is 22.2. The number of fused-ring (bicyclic) bond motifs is 3. The molecule has 19 heavy (non-hydrogen) atoms. The number of pyridine rings is 1. The highest BCUT2D eigenvalue weighted by Gasteiger charge is 2.37. The number of hydrogen-bond acceptors (Lipinski definition) is 2. The van der Waals surface area contributed by atoms with E-state index in [1.165, 1.54) is 47.8 Å². The van der Waals surface area contributed by atoms with Gasteiger partial charge in [-0.2, -0.15) is 0 Å². The molecule has 100 valence electrons. The lowest BCUT2D eigenvalue weighted by molar-refractivity contribution is 0.121. The molecular weight excluding hydrogens is 234 g/mol. The van der Waals surface area contributed by atoms with Crippen LogP contribution in [0.4, 0.5) is 0 Å². The van der Waals surface area contributed by atoms with E-state index in [4.69, 9.17) is 0 Å². The molecule has 3 heteroatoms. The molecule has 1 aliphatic carbocycles. The van der Waals surface area contributed by atoms with Crippen LogP contribution in [0.15, 0.2) is 18.5 Å². The third-order valence-corrected chi connectivity index (χ3v) is 5.14. The predicted octanol–water partition coefficient (Wildman–Crippen LogP) is 3.14. The zero-order valence-electron chi connectivity index (χ0n) is 11.2. The fourth-order valence-electron chi connectivity index (χ4n) is 4.01. The Morgan fingerprint density at radius 3 is 2.79 bits per heavy atom. The highest BCUT2D eigenvalue weighted by molar-refractivity contribution is 5.85. The molecule has 0 bridgehead atoms. The standard InChI is InChI=1S/C16H19N3/c1-18-11-15-12(9-16(18)6-3-4-7-16)13-10-17-8-5-14(13)19(15)2/h5,8,10H,1-4,6-7,9,11H2/q-2. The third-order valence-electron chi connectivity index (χ3n) is 5.14. The SMILES string of the molecule is [CH2-]N1Cc2c(c3cnccc3n2[CH2-])CC12CCCC2. The topological polar surface area (TPSA) is 21.1 Å². The van der Waals surface area contributed by atoms with Gasteiger partial charge in [0, 0.05) is 12.4 Å². The van der Waals surface area contributed by atoms with E-state index in [-0.39, 0.29) is 5.54 Å². The molecule has 3 nitrogen and oxygen atoms in total. The number of rotatable bonds is 0. The maximum Gasteiger partial charge on any atom is 0.0230 e. The second kappa shape index (κ2) is 3.76. The van der Waals surface area contributed by atoms with Gasteiger partial charge >= 0.3 is 0 Å². The molecule has 0 atom stereocenters. The van der Waals surface area contributed by atoms with E-state index < -0.39 is 0 Å². The molecule has 0 aromatic carbocycles. The molecule has 4 rings (SSSR count). The van der Waals surface area contributed by atoms with Crippen LogP contribution in [-0.2, 0) is 13.0 Å². The summed E-state index contributed by atoms with van der Waals surface area (Å²) in [6, 6.07) is 2.06. The number of nitrogens with zero attached hydrogens (tertiary/aromatic N) is 3. The maximum absolute atomic E-state index is 4.32. The largest absolute Gasteiger partial charge is 0.483 e. The Morgan fingerprint density at radius 1 is 1.21 bits per heavy atom. The number of aromatic nitrogens is 2. The summed E-state index contributed by atoms with van der Waals surface area (Å²) in [5, 5.41) is 1.28. The average molecular weight is 253 g/mol. The highest BCUT2D eigenvalue weighted by atomic mass is 15.2. The van der Waals surface area contributed by atoms with Crippen LogP contribution in [0, 0.1) is 14.1 Å². The second-order valence-corrected chi connectivity index (χ2v) is 6.05. The quantitative estimate of drug-likeness (QED) is 0.673. The molecule has 1 spiro atoms. The van der Waals surface area contributed by atoms with Crippen LogP contribution >= 0.6 is 0 Å². The lowest BCUT2D eigenvalue weighted by Crippen LogP contribution is -2.47. The molecule has 2 aromatic heterocycles. The van der Waals surface area contributed by atoms with Gasteiger partial charge in [-0.05, 0) is 36.7 Å². The first-order valence-corrected chi connectivity index (χ1v) is 7.06. The van der Waals surface area contributed by atoms with E-state index in [1.54, 1.807) is 0 Å². The Kier molecular flexibility index (Phi) is 2.25. The molecule has 2 aliphatic rings. The first-order valence-electron chi connectivity index (χ1n) is 7.06. The van der Waals surface area contributed by atoms with E-state index in [0.29, 0.717) is 0 Å². The zero-order chi connectivity index (χ0) is 13.0. The van der Waals surface area contributed by atoms with Crippen molar-refractivity contribution in [3.05, 3.63) is 43.8 Å². The summed E-state index contributed by atoms with van der Waals surface area (Å²) < 4.78 is 2.08. The predicted molar refractivity (Wildman–Crippen MR) is 76.3 cm³/mol.